The van der Waals surface area contributed by atoms with Crippen molar-refractivity contribution in [1.29, 1.82) is 0 Å². The molecule has 0 spiro atoms. The Bertz CT molecular complexity index is 1290. The van der Waals surface area contributed by atoms with E-state index >= 15 is 0 Å². The Morgan fingerprint density at radius 2 is 1.44 bits per heavy atom. The molecule has 43 heavy (non-hydrogen) atoms. The average molecular weight is 602 g/mol. The Labute approximate surface area is 254 Å². The lowest BCUT2D eigenvalue weighted by Crippen LogP contribution is -2.07. The molecule has 0 bridgehead atoms. The van der Waals surface area contributed by atoms with Crippen LogP contribution in [0.15, 0.2) is 72.3 Å². The SMILES string of the molecule is CC.CC(=O)/C(C)=C(\O)c1ccccc1C.CN.Fc1ccc(-c2ccc(C(F)(F)F)cc2)cc1CCC1CCCCC1. The predicted octanol–water partition coefficient (Wildman–Crippen LogP) is 10.5. The van der Waals surface area contributed by atoms with Crippen molar-refractivity contribution in [3.05, 3.63) is 100 Å². The zero-order valence-electron chi connectivity index (χ0n) is 26.3. The van der Waals surface area contributed by atoms with Gasteiger partial charge in [0.25, 0.3) is 0 Å². The molecule has 0 aliphatic heterocycles. The van der Waals surface area contributed by atoms with E-state index in [0.717, 1.165) is 35.2 Å². The second kappa shape index (κ2) is 19.0. The molecule has 3 aromatic rings. The van der Waals surface area contributed by atoms with Crippen molar-refractivity contribution in [3.63, 3.8) is 0 Å². The summed E-state index contributed by atoms with van der Waals surface area (Å²) in [6.45, 7) is 8.98. The minimum Gasteiger partial charge on any atom is -0.507 e. The number of aliphatic hydroxyl groups is 1. The van der Waals surface area contributed by atoms with Gasteiger partial charge in [-0.15, -0.1) is 0 Å². The molecule has 1 fully saturated rings. The van der Waals surface area contributed by atoms with Crippen LogP contribution in [0.2, 0.25) is 0 Å². The Morgan fingerprint density at radius 3 is 1.98 bits per heavy atom. The molecule has 7 heteroatoms. The van der Waals surface area contributed by atoms with Crippen LogP contribution in [0.3, 0.4) is 0 Å². The van der Waals surface area contributed by atoms with Crippen molar-refractivity contribution in [3.8, 4) is 11.1 Å². The number of ketones is 1. The largest absolute Gasteiger partial charge is 0.507 e. The number of rotatable bonds is 6. The number of carbonyl (C=O) groups excluding carboxylic acids is 1. The fourth-order valence-electron chi connectivity index (χ4n) is 4.84. The van der Waals surface area contributed by atoms with Crippen LogP contribution in [0, 0.1) is 18.7 Å². The summed E-state index contributed by atoms with van der Waals surface area (Å²) >= 11 is 0. The van der Waals surface area contributed by atoms with E-state index in [1.807, 2.05) is 39.0 Å². The third kappa shape index (κ3) is 12.0. The standard InChI is InChI=1S/C21H22F4.C12H14O2.C2H6.CH5N/c22-20-13-10-17(16-8-11-19(12-9-16)21(23,24)25)14-18(20)7-6-15-4-2-1-3-5-15;1-8-6-4-5-7-11(8)12(14)9(2)10(3)13;2*1-2/h8-15H,1-7H2;4-7,14H,1-3H3;1-2H3;2H2,1H3/b;12-9-;;. The molecule has 3 aromatic carbocycles. The maximum absolute atomic E-state index is 14.1. The van der Waals surface area contributed by atoms with Crippen molar-refractivity contribution >= 4 is 11.5 Å². The van der Waals surface area contributed by atoms with Gasteiger partial charge < -0.3 is 10.8 Å². The summed E-state index contributed by atoms with van der Waals surface area (Å²) in [5, 5.41) is 9.80. The maximum atomic E-state index is 14.1. The van der Waals surface area contributed by atoms with Crippen molar-refractivity contribution in [2.24, 2.45) is 11.7 Å². The summed E-state index contributed by atoms with van der Waals surface area (Å²) in [5.74, 6) is 0.413. The molecule has 3 nitrogen and oxygen atoms in total. The lowest BCUT2D eigenvalue weighted by atomic mass is 9.85. The maximum Gasteiger partial charge on any atom is 0.416 e. The number of Topliss-reactive ketones (excluding diaryl/α,β-unsaturated/α-hetero) is 1. The number of hydrogen-bond donors (Lipinski definition) is 2. The Balaban J connectivity index is 0.000000437. The van der Waals surface area contributed by atoms with Gasteiger partial charge in [0, 0.05) is 11.1 Å². The number of nitrogens with two attached hydrogens (primary N) is 1. The second-order valence-corrected chi connectivity index (χ2v) is 10.3. The summed E-state index contributed by atoms with van der Waals surface area (Å²) in [7, 11) is 1.50. The Kier molecular flexibility index (Phi) is 16.6. The molecular formula is C36H47F4NO2. The van der Waals surface area contributed by atoms with E-state index in [4.69, 9.17) is 0 Å². The molecule has 0 radical (unpaired) electrons. The van der Waals surface area contributed by atoms with E-state index in [9.17, 15) is 27.5 Å². The van der Waals surface area contributed by atoms with E-state index in [2.05, 4.69) is 5.73 Å². The summed E-state index contributed by atoms with van der Waals surface area (Å²) in [4.78, 5) is 11.1. The molecule has 0 aromatic heterocycles. The first-order valence-electron chi connectivity index (χ1n) is 15.0. The molecule has 4 rings (SSSR count). The minimum absolute atomic E-state index is 0.0793. The first-order chi connectivity index (χ1) is 20.5. The molecule has 0 atom stereocenters. The van der Waals surface area contributed by atoms with Crippen molar-refractivity contribution < 1.29 is 27.5 Å². The zero-order chi connectivity index (χ0) is 32.6. The minimum atomic E-state index is -4.34. The number of hydrogen-bond acceptors (Lipinski definition) is 3. The van der Waals surface area contributed by atoms with Crippen LogP contribution in [0.5, 0.6) is 0 Å². The van der Waals surface area contributed by atoms with Crippen LogP contribution in [-0.2, 0) is 17.4 Å². The van der Waals surface area contributed by atoms with E-state index in [1.54, 1.807) is 25.1 Å². The van der Waals surface area contributed by atoms with Crippen LogP contribution in [-0.4, -0.2) is 17.9 Å². The lowest BCUT2D eigenvalue weighted by molar-refractivity contribution is -0.137. The van der Waals surface area contributed by atoms with Crippen LogP contribution < -0.4 is 5.73 Å². The van der Waals surface area contributed by atoms with Crippen molar-refractivity contribution in [2.45, 2.75) is 85.7 Å². The topological polar surface area (TPSA) is 63.3 Å². The smallest absolute Gasteiger partial charge is 0.416 e. The highest BCUT2D eigenvalue weighted by atomic mass is 19.4. The molecule has 0 saturated heterocycles. The van der Waals surface area contributed by atoms with E-state index < -0.39 is 11.7 Å². The van der Waals surface area contributed by atoms with Crippen LogP contribution >= 0.6 is 0 Å². The van der Waals surface area contributed by atoms with Gasteiger partial charge in [-0.1, -0.05) is 88.4 Å². The molecule has 0 unspecified atom stereocenters. The van der Waals surface area contributed by atoms with Gasteiger partial charge in [-0.05, 0) is 93.1 Å². The normalized spacial score (nSPS) is 13.7. The molecule has 1 aliphatic rings. The monoisotopic (exact) mass is 601 g/mol. The number of aryl methyl sites for hydroxylation is 2. The summed E-state index contributed by atoms with van der Waals surface area (Å²) in [6.07, 6.45) is 3.59. The Hall–Kier alpha value is -3.45. The van der Waals surface area contributed by atoms with Gasteiger partial charge >= 0.3 is 6.18 Å². The van der Waals surface area contributed by atoms with Gasteiger partial charge in [0.05, 0.1) is 5.56 Å². The molecule has 236 valence electrons. The first-order valence-corrected chi connectivity index (χ1v) is 15.0. The van der Waals surface area contributed by atoms with Crippen LogP contribution in [0.4, 0.5) is 17.6 Å². The number of alkyl halides is 3. The highest BCUT2D eigenvalue weighted by Crippen LogP contribution is 2.32. The van der Waals surface area contributed by atoms with E-state index in [0.29, 0.717) is 29.0 Å². The molecular weight excluding hydrogens is 554 g/mol. The zero-order valence-corrected chi connectivity index (χ0v) is 26.3. The number of benzene rings is 3. The van der Waals surface area contributed by atoms with Crippen molar-refractivity contribution in [1.82, 2.24) is 0 Å². The van der Waals surface area contributed by atoms with Gasteiger partial charge in [0.15, 0.2) is 5.78 Å². The van der Waals surface area contributed by atoms with Gasteiger partial charge in [0.2, 0.25) is 0 Å². The third-order valence-electron chi connectivity index (χ3n) is 7.42. The first kappa shape index (κ1) is 37.6. The van der Waals surface area contributed by atoms with Gasteiger partial charge in [-0.3, -0.25) is 4.79 Å². The van der Waals surface area contributed by atoms with Crippen LogP contribution in [0.1, 0.15) is 88.5 Å². The second-order valence-electron chi connectivity index (χ2n) is 10.3. The summed E-state index contributed by atoms with van der Waals surface area (Å²) in [5.41, 5.74) is 8.00. The molecule has 3 N–H and O–H groups in total. The van der Waals surface area contributed by atoms with Gasteiger partial charge in [-0.2, -0.15) is 13.2 Å². The average Bonchev–Trinajstić information content (AvgIpc) is 3.02. The van der Waals surface area contributed by atoms with Gasteiger partial charge in [0.1, 0.15) is 11.6 Å². The predicted molar refractivity (Wildman–Crippen MR) is 170 cm³/mol. The quantitative estimate of drug-likeness (QED) is 0.168. The number of aliphatic hydroxyl groups excluding tert-OH is 1. The highest BCUT2D eigenvalue weighted by molar-refractivity contribution is 5.99. The summed E-state index contributed by atoms with van der Waals surface area (Å²) in [6, 6.07) is 17.3. The van der Waals surface area contributed by atoms with Crippen LogP contribution in [0.25, 0.3) is 16.9 Å². The van der Waals surface area contributed by atoms with E-state index in [1.165, 1.54) is 64.3 Å². The third-order valence-corrected chi connectivity index (χ3v) is 7.42. The molecule has 1 saturated carbocycles. The van der Waals surface area contributed by atoms with E-state index in [-0.39, 0.29) is 17.4 Å². The number of carbonyl (C=O) groups is 1. The van der Waals surface area contributed by atoms with Crippen molar-refractivity contribution in [2.75, 3.05) is 7.05 Å². The fourth-order valence-corrected chi connectivity index (χ4v) is 4.84. The number of allylic oxidation sites excluding steroid dienone is 1. The molecule has 0 heterocycles. The molecule has 1 aliphatic carbocycles. The fraction of sp³-hybridized carbons (Fsp3) is 0.417. The highest BCUT2D eigenvalue weighted by Gasteiger charge is 2.30. The summed E-state index contributed by atoms with van der Waals surface area (Å²) < 4.78 is 52.1. The molecule has 0 amide bonds. The van der Waals surface area contributed by atoms with Gasteiger partial charge in [-0.25, -0.2) is 4.39 Å². The number of halogens is 4. The lowest BCUT2D eigenvalue weighted by Gasteiger charge is -2.21. The Morgan fingerprint density at radius 1 is 0.884 bits per heavy atom.